The summed E-state index contributed by atoms with van der Waals surface area (Å²) in [5, 5.41) is 0. The van der Waals surface area contributed by atoms with Crippen LogP contribution in [0.2, 0.25) is 0 Å². The Morgan fingerprint density at radius 3 is 2.68 bits per heavy atom. The van der Waals surface area contributed by atoms with E-state index in [1.165, 1.54) is 11.1 Å². The van der Waals surface area contributed by atoms with Crippen molar-refractivity contribution in [2.75, 3.05) is 12.3 Å². The lowest BCUT2D eigenvalue weighted by atomic mass is 10.1. The molecule has 3 nitrogen and oxygen atoms in total. The molecule has 0 bridgehead atoms. The summed E-state index contributed by atoms with van der Waals surface area (Å²) in [5.74, 6) is 0. The molecule has 2 N–H and O–H groups in total. The molecule has 1 aromatic carbocycles. The van der Waals surface area contributed by atoms with Crippen LogP contribution >= 0.6 is 0 Å². The number of hydrogen-bond acceptors (Lipinski definition) is 3. The smallest absolute Gasteiger partial charge is 0.0573 e. The minimum absolute atomic E-state index is 0.822. The molecule has 0 atom stereocenters. The van der Waals surface area contributed by atoms with Gasteiger partial charge in [-0.25, -0.2) is 0 Å². The van der Waals surface area contributed by atoms with Gasteiger partial charge in [0.15, 0.2) is 0 Å². The molecule has 0 aliphatic rings. The zero-order chi connectivity index (χ0) is 13.7. The van der Waals surface area contributed by atoms with Gasteiger partial charge in [0.05, 0.1) is 5.69 Å². The highest BCUT2D eigenvalue weighted by atomic mass is 15.1. The van der Waals surface area contributed by atoms with Gasteiger partial charge in [-0.3, -0.25) is 9.88 Å². The van der Waals surface area contributed by atoms with E-state index in [2.05, 4.69) is 35.9 Å². The molecule has 0 saturated carbocycles. The highest BCUT2D eigenvalue weighted by Crippen LogP contribution is 2.13. The fraction of sp³-hybridized carbons (Fsp3) is 0.312. The maximum atomic E-state index is 5.82. The number of aromatic nitrogens is 1. The lowest BCUT2D eigenvalue weighted by Gasteiger charge is -2.21. The number of benzene rings is 1. The third kappa shape index (κ3) is 3.80. The Kier molecular flexibility index (Phi) is 4.53. The van der Waals surface area contributed by atoms with Crippen LogP contribution < -0.4 is 5.73 Å². The van der Waals surface area contributed by atoms with E-state index in [1.54, 1.807) is 0 Å². The van der Waals surface area contributed by atoms with Crippen molar-refractivity contribution in [1.82, 2.24) is 9.88 Å². The maximum absolute atomic E-state index is 5.82. The van der Waals surface area contributed by atoms with E-state index in [4.69, 9.17) is 5.73 Å². The zero-order valence-electron chi connectivity index (χ0n) is 11.6. The van der Waals surface area contributed by atoms with Crippen LogP contribution in [0.3, 0.4) is 0 Å². The average Bonchev–Trinajstić information content (AvgIpc) is 2.40. The average molecular weight is 255 g/mol. The summed E-state index contributed by atoms with van der Waals surface area (Å²) in [7, 11) is 0. The summed E-state index contributed by atoms with van der Waals surface area (Å²) in [5.41, 5.74) is 10.3. The lowest BCUT2D eigenvalue weighted by molar-refractivity contribution is 0.267. The number of hydrogen-bond donors (Lipinski definition) is 1. The largest absolute Gasteiger partial charge is 0.399 e. The second kappa shape index (κ2) is 6.34. The molecular formula is C16H21N3. The molecule has 0 aliphatic carbocycles. The molecule has 3 heteroatoms. The SMILES string of the molecule is CCN(Cc1cccc(N)c1)Cc1ncccc1C. The van der Waals surface area contributed by atoms with E-state index >= 15 is 0 Å². The second-order valence-electron chi connectivity index (χ2n) is 4.82. The number of aryl methyl sites for hydroxylation is 1. The minimum atomic E-state index is 0.822. The fourth-order valence-electron chi connectivity index (χ4n) is 2.12. The van der Waals surface area contributed by atoms with E-state index in [9.17, 15) is 0 Å². The fourth-order valence-corrected chi connectivity index (χ4v) is 2.12. The van der Waals surface area contributed by atoms with Crippen molar-refractivity contribution in [2.45, 2.75) is 26.9 Å². The Hall–Kier alpha value is -1.87. The standard InChI is InChI=1S/C16H21N3/c1-3-19(11-14-7-4-8-15(17)10-14)12-16-13(2)6-5-9-18-16/h4-10H,3,11-12,17H2,1-2H3. The van der Waals surface area contributed by atoms with Crippen molar-refractivity contribution in [3.05, 3.63) is 59.4 Å². The van der Waals surface area contributed by atoms with Gasteiger partial charge in [-0.05, 0) is 42.8 Å². The van der Waals surface area contributed by atoms with Gasteiger partial charge in [-0.1, -0.05) is 25.1 Å². The Balaban J connectivity index is 2.07. The number of nitrogens with zero attached hydrogens (tertiary/aromatic N) is 2. The number of nitrogens with two attached hydrogens (primary N) is 1. The normalized spacial score (nSPS) is 10.9. The van der Waals surface area contributed by atoms with Crippen LogP contribution in [-0.4, -0.2) is 16.4 Å². The summed E-state index contributed by atoms with van der Waals surface area (Å²) in [6, 6.07) is 12.2. The first kappa shape index (κ1) is 13.6. The summed E-state index contributed by atoms with van der Waals surface area (Å²) < 4.78 is 0. The molecule has 1 heterocycles. The predicted octanol–water partition coefficient (Wildman–Crippen LogP) is 2.99. The molecule has 19 heavy (non-hydrogen) atoms. The van der Waals surface area contributed by atoms with Crippen molar-refractivity contribution in [1.29, 1.82) is 0 Å². The lowest BCUT2D eigenvalue weighted by Crippen LogP contribution is -2.23. The van der Waals surface area contributed by atoms with Crippen LogP contribution in [0.25, 0.3) is 0 Å². The van der Waals surface area contributed by atoms with E-state index in [0.717, 1.165) is 31.0 Å². The summed E-state index contributed by atoms with van der Waals surface area (Å²) in [6.45, 7) is 7.04. The summed E-state index contributed by atoms with van der Waals surface area (Å²) in [6.07, 6.45) is 1.86. The second-order valence-corrected chi connectivity index (χ2v) is 4.82. The third-order valence-electron chi connectivity index (χ3n) is 3.30. The van der Waals surface area contributed by atoms with Gasteiger partial charge in [-0.2, -0.15) is 0 Å². The topological polar surface area (TPSA) is 42.1 Å². The van der Waals surface area contributed by atoms with Crippen LogP contribution in [-0.2, 0) is 13.1 Å². The van der Waals surface area contributed by atoms with Crippen molar-refractivity contribution in [3.8, 4) is 0 Å². The van der Waals surface area contributed by atoms with Gasteiger partial charge in [0.25, 0.3) is 0 Å². The van der Waals surface area contributed by atoms with Crippen LogP contribution in [0, 0.1) is 6.92 Å². The number of pyridine rings is 1. The van der Waals surface area contributed by atoms with Crippen LogP contribution in [0.5, 0.6) is 0 Å². The van der Waals surface area contributed by atoms with Gasteiger partial charge in [0, 0.05) is 25.0 Å². The minimum Gasteiger partial charge on any atom is -0.399 e. The van der Waals surface area contributed by atoms with Crippen molar-refractivity contribution >= 4 is 5.69 Å². The maximum Gasteiger partial charge on any atom is 0.0573 e. The molecule has 2 aromatic rings. The molecule has 0 saturated heterocycles. The predicted molar refractivity (Wildman–Crippen MR) is 79.6 cm³/mol. The van der Waals surface area contributed by atoms with E-state index in [-0.39, 0.29) is 0 Å². The van der Waals surface area contributed by atoms with Gasteiger partial charge >= 0.3 is 0 Å². The summed E-state index contributed by atoms with van der Waals surface area (Å²) in [4.78, 5) is 6.82. The van der Waals surface area contributed by atoms with E-state index in [1.807, 2.05) is 30.5 Å². The quantitative estimate of drug-likeness (QED) is 0.835. The van der Waals surface area contributed by atoms with Crippen molar-refractivity contribution in [3.63, 3.8) is 0 Å². The molecule has 0 spiro atoms. The highest BCUT2D eigenvalue weighted by molar-refractivity contribution is 5.40. The van der Waals surface area contributed by atoms with Gasteiger partial charge in [-0.15, -0.1) is 0 Å². The third-order valence-corrected chi connectivity index (χ3v) is 3.30. The molecule has 100 valence electrons. The molecule has 0 amide bonds. The Morgan fingerprint density at radius 1 is 1.16 bits per heavy atom. The monoisotopic (exact) mass is 255 g/mol. The number of anilines is 1. The van der Waals surface area contributed by atoms with E-state index in [0.29, 0.717) is 0 Å². The van der Waals surface area contributed by atoms with Crippen molar-refractivity contribution < 1.29 is 0 Å². The van der Waals surface area contributed by atoms with E-state index < -0.39 is 0 Å². The summed E-state index contributed by atoms with van der Waals surface area (Å²) >= 11 is 0. The van der Waals surface area contributed by atoms with Crippen LogP contribution in [0.1, 0.15) is 23.7 Å². The Labute approximate surface area is 115 Å². The molecular weight excluding hydrogens is 234 g/mol. The molecule has 2 rings (SSSR count). The molecule has 1 aromatic heterocycles. The Bertz CT molecular complexity index is 537. The van der Waals surface area contributed by atoms with Crippen LogP contribution in [0.4, 0.5) is 5.69 Å². The van der Waals surface area contributed by atoms with Gasteiger partial charge in [0.2, 0.25) is 0 Å². The molecule has 0 unspecified atom stereocenters. The van der Waals surface area contributed by atoms with Crippen molar-refractivity contribution in [2.24, 2.45) is 0 Å². The number of nitrogen functional groups attached to an aromatic ring is 1. The van der Waals surface area contributed by atoms with Gasteiger partial charge in [0.1, 0.15) is 0 Å². The van der Waals surface area contributed by atoms with Crippen LogP contribution in [0.15, 0.2) is 42.6 Å². The zero-order valence-corrected chi connectivity index (χ0v) is 11.6. The molecule has 0 radical (unpaired) electrons. The molecule has 0 fully saturated rings. The Morgan fingerprint density at radius 2 is 2.00 bits per heavy atom. The number of rotatable bonds is 5. The van der Waals surface area contributed by atoms with Gasteiger partial charge < -0.3 is 5.73 Å². The first-order valence-corrected chi connectivity index (χ1v) is 6.66. The first-order valence-electron chi connectivity index (χ1n) is 6.66. The first-order chi connectivity index (χ1) is 9.19. The molecule has 0 aliphatic heterocycles. The highest BCUT2D eigenvalue weighted by Gasteiger charge is 2.07.